The molecule has 2 aromatic rings. The van der Waals surface area contributed by atoms with Gasteiger partial charge >= 0.3 is 0 Å². The van der Waals surface area contributed by atoms with Gasteiger partial charge in [0, 0.05) is 19.1 Å². The SMILES string of the molecule is CCc1noc2ncc(S(=O)(=O)N3CCCC3CNC)cc12.Cl. The monoisotopic (exact) mass is 360 g/mol. The molecule has 0 bridgehead atoms. The second-order valence-corrected chi connectivity index (χ2v) is 7.37. The molecule has 1 atom stereocenters. The number of hydrogen-bond donors (Lipinski definition) is 1. The maximum Gasteiger partial charge on any atom is 0.258 e. The summed E-state index contributed by atoms with van der Waals surface area (Å²) in [4.78, 5) is 4.32. The Hall–Kier alpha value is -1.22. The van der Waals surface area contributed by atoms with Crippen molar-refractivity contribution in [2.75, 3.05) is 20.1 Å². The van der Waals surface area contributed by atoms with Crippen molar-refractivity contribution in [3.8, 4) is 0 Å². The standard InChI is InChI=1S/C14H20N4O3S.ClH/c1-3-13-12-7-11(9-16-14(12)21-17-13)22(19,20)18-6-4-5-10(18)8-15-2;/h7,9-10,15H,3-6,8H2,1-2H3;1H. The van der Waals surface area contributed by atoms with Gasteiger partial charge in [-0.15, -0.1) is 12.4 Å². The molecule has 7 nitrogen and oxygen atoms in total. The Morgan fingerprint density at radius 2 is 2.26 bits per heavy atom. The molecule has 3 heterocycles. The quantitative estimate of drug-likeness (QED) is 0.870. The highest BCUT2D eigenvalue weighted by Gasteiger charge is 2.35. The highest BCUT2D eigenvalue weighted by atomic mass is 35.5. The lowest BCUT2D eigenvalue weighted by molar-refractivity contribution is 0.379. The minimum atomic E-state index is -3.54. The first-order valence-electron chi connectivity index (χ1n) is 7.48. The smallest absolute Gasteiger partial charge is 0.258 e. The van der Waals surface area contributed by atoms with E-state index in [1.54, 1.807) is 10.4 Å². The second-order valence-electron chi connectivity index (χ2n) is 5.48. The number of rotatable bonds is 5. The maximum atomic E-state index is 12.9. The van der Waals surface area contributed by atoms with Crippen LogP contribution in [0.15, 0.2) is 21.7 Å². The number of nitrogens with one attached hydrogen (secondary N) is 1. The van der Waals surface area contributed by atoms with Crippen molar-refractivity contribution < 1.29 is 12.9 Å². The van der Waals surface area contributed by atoms with E-state index in [0.717, 1.165) is 18.5 Å². The van der Waals surface area contributed by atoms with Crippen LogP contribution in [0, 0.1) is 0 Å². The number of likely N-dealkylation sites (N-methyl/N-ethyl adjacent to an activating group) is 1. The molecular formula is C14H21ClN4O3S. The van der Waals surface area contributed by atoms with E-state index in [1.807, 2.05) is 14.0 Å². The molecule has 1 saturated heterocycles. The fourth-order valence-corrected chi connectivity index (χ4v) is 4.62. The summed E-state index contributed by atoms with van der Waals surface area (Å²) in [5.41, 5.74) is 1.11. The number of halogens is 1. The van der Waals surface area contributed by atoms with Gasteiger partial charge in [0.05, 0.1) is 17.3 Å². The number of nitrogens with zero attached hydrogens (tertiary/aromatic N) is 3. The van der Waals surface area contributed by atoms with Crippen LogP contribution in [-0.4, -0.2) is 49.0 Å². The molecule has 0 aliphatic carbocycles. The van der Waals surface area contributed by atoms with Gasteiger partial charge in [0.15, 0.2) is 0 Å². The number of aromatic nitrogens is 2. The molecule has 9 heteroatoms. The van der Waals surface area contributed by atoms with Crippen LogP contribution in [0.1, 0.15) is 25.5 Å². The van der Waals surface area contributed by atoms with Gasteiger partial charge in [-0.1, -0.05) is 12.1 Å². The number of sulfonamides is 1. The summed E-state index contributed by atoms with van der Waals surface area (Å²) in [5.74, 6) is 0. The van der Waals surface area contributed by atoms with Crippen LogP contribution in [0.4, 0.5) is 0 Å². The normalized spacial score (nSPS) is 19.1. The molecule has 2 aromatic heterocycles. The third kappa shape index (κ3) is 3.21. The van der Waals surface area contributed by atoms with Crippen LogP contribution in [0.25, 0.3) is 11.1 Å². The first-order chi connectivity index (χ1) is 10.6. The van der Waals surface area contributed by atoms with E-state index in [0.29, 0.717) is 30.6 Å². The summed E-state index contributed by atoms with van der Waals surface area (Å²) < 4.78 is 32.5. The number of fused-ring (bicyclic) bond motifs is 1. The first-order valence-corrected chi connectivity index (χ1v) is 8.92. The average Bonchev–Trinajstić information content (AvgIpc) is 3.13. The van der Waals surface area contributed by atoms with Gasteiger partial charge in [0.2, 0.25) is 10.0 Å². The Kier molecular flexibility index (Phi) is 5.61. The van der Waals surface area contributed by atoms with Gasteiger partial charge in [-0.05, 0) is 32.4 Å². The predicted molar refractivity (Wildman–Crippen MR) is 89.3 cm³/mol. The highest BCUT2D eigenvalue weighted by Crippen LogP contribution is 2.28. The first kappa shape index (κ1) is 18.1. The zero-order chi connectivity index (χ0) is 15.7. The fourth-order valence-electron chi connectivity index (χ4n) is 2.96. The van der Waals surface area contributed by atoms with Crippen LogP contribution in [0.3, 0.4) is 0 Å². The minimum Gasteiger partial charge on any atom is -0.336 e. The van der Waals surface area contributed by atoms with Crippen molar-refractivity contribution >= 4 is 33.5 Å². The third-order valence-corrected chi connectivity index (χ3v) is 6.00. The van der Waals surface area contributed by atoms with Crippen molar-refractivity contribution in [3.05, 3.63) is 18.0 Å². The summed E-state index contributed by atoms with van der Waals surface area (Å²) in [6.07, 6.45) is 3.79. The Morgan fingerprint density at radius 3 is 2.96 bits per heavy atom. The van der Waals surface area contributed by atoms with Crippen LogP contribution in [0.2, 0.25) is 0 Å². The maximum absolute atomic E-state index is 12.9. The zero-order valence-corrected chi connectivity index (χ0v) is 14.8. The largest absolute Gasteiger partial charge is 0.336 e. The van der Waals surface area contributed by atoms with Crippen LogP contribution >= 0.6 is 12.4 Å². The van der Waals surface area contributed by atoms with Crippen LogP contribution in [-0.2, 0) is 16.4 Å². The zero-order valence-electron chi connectivity index (χ0n) is 13.2. The lowest BCUT2D eigenvalue weighted by Gasteiger charge is -2.23. The van der Waals surface area contributed by atoms with Gasteiger partial charge < -0.3 is 9.84 Å². The molecular weight excluding hydrogens is 340 g/mol. The van der Waals surface area contributed by atoms with Gasteiger partial charge in [0.1, 0.15) is 4.90 Å². The number of hydrogen-bond acceptors (Lipinski definition) is 6. The lowest BCUT2D eigenvalue weighted by atomic mass is 10.2. The second kappa shape index (κ2) is 7.12. The summed E-state index contributed by atoms with van der Waals surface area (Å²) in [7, 11) is -1.71. The molecule has 0 saturated carbocycles. The molecule has 1 aliphatic rings. The van der Waals surface area contributed by atoms with Crippen LogP contribution < -0.4 is 5.32 Å². The van der Waals surface area contributed by atoms with Crippen molar-refractivity contribution in [1.29, 1.82) is 0 Å². The van der Waals surface area contributed by atoms with Gasteiger partial charge in [-0.2, -0.15) is 4.31 Å². The van der Waals surface area contributed by atoms with Gasteiger partial charge in [0.25, 0.3) is 5.71 Å². The van der Waals surface area contributed by atoms with E-state index in [4.69, 9.17) is 4.52 Å². The summed E-state index contributed by atoms with van der Waals surface area (Å²) in [6.45, 7) is 3.15. The van der Waals surface area contributed by atoms with Gasteiger partial charge in [-0.25, -0.2) is 13.4 Å². The van der Waals surface area contributed by atoms with Crippen molar-refractivity contribution in [1.82, 2.24) is 19.8 Å². The van der Waals surface area contributed by atoms with E-state index in [9.17, 15) is 8.42 Å². The molecule has 3 rings (SSSR count). The Balaban J connectivity index is 0.00000192. The van der Waals surface area contributed by atoms with Gasteiger partial charge in [-0.3, -0.25) is 0 Å². The summed E-state index contributed by atoms with van der Waals surface area (Å²) in [6, 6.07) is 1.63. The van der Waals surface area contributed by atoms with E-state index >= 15 is 0 Å². The molecule has 23 heavy (non-hydrogen) atoms. The van der Waals surface area contributed by atoms with E-state index in [2.05, 4.69) is 15.5 Å². The summed E-state index contributed by atoms with van der Waals surface area (Å²) in [5, 5.41) is 7.66. The molecule has 0 radical (unpaired) electrons. The average molecular weight is 361 g/mol. The van der Waals surface area contributed by atoms with E-state index in [1.165, 1.54) is 6.20 Å². The molecule has 0 amide bonds. The number of aryl methyl sites for hydroxylation is 1. The Bertz CT molecular complexity index is 777. The third-order valence-electron chi connectivity index (χ3n) is 4.08. The van der Waals surface area contributed by atoms with Crippen molar-refractivity contribution in [2.45, 2.75) is 37.1 Å². The molecule has 1 N–H and O–H groups in total. The molecule has 128 valence electrons. The lowest BCUT2D eigenvalue weighted by Crippen LogP contribution is -2.40. The molecule has 1 fully saturated rings. The van der Waals surface area contributed by atoms with Crippen molar-refractivity contribution in [3.63, 3.8) is 0 Å². The number of pyridine rings is 1. The predicted octanol–water partition coefficient (Wildman–Crippen LogP) is 1.58. The highest BCUT2D eigenvalue weighted by molar-refractivity contribution is 7.89. The van der Waals surface area contributed by atoms with Crippen LogP contribution in [0.5, 0.6) is 0 Å². The van der Waals surface area contributed by atoms with Crippen molar-refractivity contribution in [2.24, 2.45) is 0 Å². The summed E-state index contributed by atoms with van der Waals surface area (Å²) >= 11 is 0. The molecule has 0 spiro atoms. The Labute approximate surface area is 141 Å². The fraction of sp³-hybridized carbons (Fsp3) is 0.571. The van der Waals surface area contributed by atoms with E-state index < -0.39 is 10.0 Å². The minimum absolute atomic E-state index is 0. The molecule has 1 unspecified atom stereocenters. The topological polar surface area (TPSA) is 88.3 Å². The Morgan fingerprint density at radius 1 is 1.48 bits per heavy atom. The molecule has 0 aromatic carbocycles. The van der Waals surface area contributed by atoms with E-state index in [-0.39, 0.29) is 23.3 Å². The molecule has 1 aliphatic heterocycles.